The number of likely N-dealkylation sites (N-methyl/N-ethyl adjacent to an activating group) is 1. The minimum atomic E-state index is -0.195. The van der Waals surface area contributed by atoms with Crippen LogP contribution in [0.5, 0.6) is 5.75 Å². The van der Waals surface area contributed by atoms with E-state index in [-0.39, 0.29) is 17.6 Å². The van der Waals surface area contributed by atoms with E-state index >= 15 is 0 Å². The first-order chi connectivity index (χ1) is 18.0. The standard InChI is InChI=1S/C31H33N3O3/c1-3-33-17-7-10-26(33)20-32-30(35)25-15-13-23(14-16-25)19-29-31(36)34(21-24-9-6-8-22(2)18-24)27-11-4-5-12-28(27)37-29/h4-6,8-9,11-16,18-19,26H,3,7,10,17,20-21H2,1-2H3,(H,32,35)/b29-19+. The second-order valence-electron chi connectivity index (χ2n) is 9.72. The summed E-state index contributed by atoms with van der Waals surface area (Å²) < 4.78 is 6.02. The highest BCUT2D eigenvalue weighted by atomic mass is 16.5. The van der Waals surface area contributed by atoms with Crippen molar-refractivity contribution in [2.45, 2.75) is 39.3 Å². The highest BCUT2D eigenvalue weighted by Gasteiger charge is 2.30. The molecule has 0 radical (unpaired) electrons. The zero-order valence-corrected chi connectivity index (χ0v) is 21.4. The third kappa shape index (κ3) is 5.59. The predicted molar refractivity (Wildman–Crippen MR) is 146 cm³/mol. The minimum absolute atomic E-state index is 0.0783. The lowest BCUT2D eigenvalue weighted by molar-refractivity contribution is -0.117. The molecule has 2 heterocycles. The van der Waals surface area contributed by atoms with Gasteiger partial charge in [0.25, 0.3) is 11.8 Å². The van der Waals surface area contributed by atoms with Gasteiger partial charge < -0.3 is 10.1 Å². The van der Waals surface area contributed by atoms with E-state index in [2.05, 4.69) is 23.2 Å². The zero-order chi connectivity index (χ0) is 25.8. The lowest BCUT2D eigenvalue weighted by Gasteiger charge is -2.30. The van der Waals surface area contributed by atoms with Crippen molar-refractivity contribution in [2.75, 3.05) is 24.5 Å². The average Bonchev–Trinajstić information content (AvgIpc) is 3.38. The number of benzene rings is 3. The van der Waals surface area contributed by atoms with E-state index in [4.69, 9.17) is 4.74 Å². The number of aryl methyl sites for hydroxylation is 1. The Morgan fingerprint density at radius 2 is 1.89 bits per heavy atom. The van der Waals surface area contributed by atoms with Crippen molar-refractivity contribution in [1.82, 2.24) is 10.2 Å². The Hall–Kier alpha value is -3.90. The molecule has 5 rings (SSSR count). The SMILES string of the molecule is CCN1CCCC1CNC(=O)c1ccc(/C=C2/Oc3ccccc3N(Cc3cccc(C)c3)C2=O)cc1. The molecule has 0 spiro atoms. The van der Waals surface area contributed by atoms with Gasteiger partial charge in [0, 0.05) is 18.2 Å². The number of ether oxygens (including phenoxy) is 1. The monoisotopic (exact) mass is 495 g/mol. The van der Waals surface area contributed by atoms with Crippen LogP contribution in [0.2, 0.25) is 0 Å². The Morgan fingerprint density at radius 3 is 2.68 bits per heavy atom. The van der Waals surface area contributed by atoms with Crippen LogP contribution >= 0.6 is 0 Å². The molecule has 2 amide bonds. The third-order valence-corrected chi connectivity index (χ3v) is 7.13. The molecule has 1 N–H and O–H groups in total. The van der Waals surface area contributed by atoms with Crippen molar-refractivity contribution in [3.8, 4) is 5.75 Å². The molecule has 0 bridgehead atoms. The Bertz CT molecular complexity index is 1320. The normalized spacial score (nSPS) is 18.5. The van der Waals surface area contributed by atoms with E-state index in [1.807, 2.05) is 61.5 Å². The fourth-order valence-corrected chi connectivity index (χ4v) is 5.15. The smallest absolute Gasteiger partial charge is 0.294 e. The number of hydrogen-bond donors (Lipinski definition) is 1. The number of anilines is 1. The molecule has 0 aromatic heterocycles. The summed E-state index contributed by atoms with van der Waals surface area (Å²) in [6, 6.07) is 23.4. The number of nitrogens with zero attached hydrogens (tertiary/aromatic N) is 2. The number of likely N-dealkylation sites (tertiary alicyclic amines) is 1. The van der Waals surface area contributed by atoms with Crippen LogP contribution < -0.4 is 15.0 Å². The zero-order valence-electron chi connectivity index (χ0n) is 21.4. The van der Waals surface area contributed by atoms with Gasteiger partial charge >= 0.3 is 0 Å². The van der Waals surface area contributed by atoms with Crippen LogP contribution in [0.3, 0.4) is 0 Å². The highest BCUT2D eigenvalue weighted by molar-refractivity contribution is 6.09. The lowest BCUT2D eigenvalue weighted by Crippen LogP contribution is -2.40. The highest BCUT2D eigenvalue weighted by Crippen LogP contribution is 2.36. The Morgan fingerprint density at radius 1 is 1.08 bits per heavy atom. The number of carbonyl (C=O) groups excluding carboxylic acids is 2. The third-order valence-electron chi connectivity index (χ3n) is 7.13. The average molecular weight is 496 g/mol. The van der Waals surface area contributed by atoms with Crippen LogP contribution in [0.4, 0.5) is 5.69 Å². The van der Waals surface area contributed by atoms with Gasteiger partial charge in [-0.2, -0.15) is 0 Å². The molecule has 6 nitrogen and oxygen atoms in total. The van der Waals surface area contributed by atoms with Crippen molar-refractivity contribution in [1.29, 1.82) is 0 Å². The molecule has 1 saturated heterocycles. The topological polar surface area (TPSA) is 61.9 Å². The molecule has 2 aliphatic rings. The van der Waals surface area contributed by atoms with Crippen LogP contribution in [0.15, 0.2) is 78.6 Å². The largest absolute Gasteiger partial charge is 0.449 e. The second-order valence-corrected chi connectivity index (χ2v) is 9.72. The first-order valence-electron chi connectivity index (χ1n) is 13.0. The number of hydrogen-bond acceptors (Lipinski definition) is 4. The molecule has 6 heteroatoms. The molecule has 2 aliphatic heterocycles. The van der Waals surface area contributed by atoms with Crippen molar-refractivity contribution in [3.05, 3.63) is 101 Å². The van der Waals surface area contributed by atoms with Gasteiger partial charge in [0.05, 0.1) is 12.2 Å². The fraction of sp³-hybridized carbons (Fsp3) is 0.290. The number of para-hydroxylation sites is 2. The molecule has 1 atom stereocenters. The summed E-state index contributed by atoms with van der Waals surface area (Å²) in [7, 11) is 0. The minimum Gasteiger partial charge on any atom is -0.449 e. The van der Waals surface area contributed by atoms with Gasteiger partial charge in [-0.05, 0) is 74.3 Å². The maximum atomic E-state index is 13.5. The second kappa shape index (κ2) is 11.0. The van der Waals surface area contributed by atoms with Crippen LogP contribution in [0.25, 0.3) is 6.08 Å². The first-order valence-corrected chi connectivity index (χ1v) is 13.0. The van der Waals surface area contributed by atoms with Gasteiger partial charge in [0.15, 0.2) is 11.5 Å². The molecule has 1 fully saturated rings. The van der Waals surface area contributed by atoms with Gasteiger partial charge in [0.2, 0.25) is 0 Å². The van der Waals surface area contributed by atoms with E-state index in [0.717, 1.165) is 41.9 Å². The molecule has 37 heavy (non-hydrogen) atoms. The van der Waals surface area contributed by atoms with Gasteiger partial charge in [-0.1, -0.05) is 61.0 Å². The van der Waals surface area contributed by atoms with Gasteiger partial charge in [0.1, 0.15) is 0 Å². The Balaban J connectivity index is 1.31. The van der Waals surface area contributed by atoms with E-state index in [0.29, 0.717) is 30.4 Å². The molecule has 1 unspecified atom stereocenters. The number of carbonyl (C=O) groups is 2. The number of nitrogens with one attached hydrogen (secondary N) is 1. The van der Waals surface area contributed by atoms with Crippen LogP contribution in [0, 0.1) is 6.92 Å². The van der Waals surface area contributed by atoms with Gasteiger partial charge in [-0.25, -0.2) is 0 Å². The van der Waals surface area contributed by atoms with Crippen LogP contribution in [-0.2, 0) is 11.3 Å². The maximum absolute atomic E-state index is 13.5. The fourth-order valence-electron chi connectivity index (χ4n) is 5.15. The van der Waals surface area contributed by atoms with E-state index in [1.54, 1.807) is 23.1 Å². The number of fused-ring (bicyclic) bond motifs is 1. The van der Waals surface area contributed by atoms with Crippen LogP contribution in [-0.4, -0.2) is 42.4 Å². The van der Waals surface area contributed by atoms with Gasteiger partial charge in [-0.15, -0.1) is 0 Å². The number of rotatable bonds is 7. The quantitative estimate of drug-likeness (QED) is 0.459. The molecule has 0 aliphatic carbocycles. The van der Waals surface area contributed by atoms with E-state index < -0.39 is 0 Å². The summed E-state index contributed by atoms with van der Waals surface area (Å²) in [5.41, 5.74) is 4.35. The molecular weight excluding hydrogens is 462 g/mol. The molecule has 3 aromatic carbocycles. The van der Waals surface area contributed by atoms with E-state index in [9.17, 15) is 9.59 Å². The van der Waals surface area contributed by atoms with Crippen molar-refractivity contribution in [2.24, 2.45) is 0 Å². The summed E-state index contributed by atoms with van der Waals surface area (Å²) in [6.45, 7) is 7.44. The summed E-state index contributed by atoms with van der Waals surface area (Å²) in [5.74, 6) is 0.624. The Kier molecular flexibility index (Phi) is 7.37. The Labute approximate surface area is 218 Å². The maximum Gasteiger partial charge on any atom is 0.294 e. The molecule has 0 saturated carbocycles. The summed E-state index contributed by atoms with van der Waals surface area (Å²) >= 11 is 0. The van der Waals surface area contributed by atoms with E-state index in [1.165, 1.54) is 6.42 Å². The van der Waals surface area contributed by atoms with Crippen molar-refractivity contribution >= 4 is 23.6 Å². The van der Waals surface area contributed by atoms with Crippen molar-refractivity contribution in [3.63, 3.8) is 0 Å². The van der Waals surface area contributed by atoms with Gasteiger partial charge in [-0.3, -0.25) is 19.4 Å². The van der Waals surface area contributed by atoms with Crippen molar-refractivity contribution < 1.29 is 14.3 Å². The molecule has 3 aromatic rings. The lowest BCUT2D eigenvalue weighted by atomic mass is 10.1. The summed E-state index contributed by atoms with van der Waals surface area (Å²) in [5, 5.41) is 3.08. The molecule has 190 valence electrons. The number of amides is 2. The summed E-state index contributed by atoms with van der Waals surface area (Å²) in [6.07, 6.45) is 4.05. The first kappa shape index (κ1) is 24.8. The van der Waals surface area contributed by atoms with Crippen LogP contribution in [0.1, 0.15) is 46.8 Å². The summed E-state index contributed by atoms with van der Waals surface area (Å²) in [4.78, 5) is 30.3. The predicted octanol–water partition coefficient (Wildman–Crippen LogP) is 5.18. The molecular formula is C31H33N3O3.